The molecule has 1 spiro atoms. The van der Waals surface area contributed by atoms with Crippen molar-refractivity contribution in [3.63, 3.8) is 0 Å². The zero-order chi connectivity index (χ0) is 27.2. The summed E-state index contributed by atoms with van der Waals surface area (Å²) in [5.74, 6) is 0.951. The molecule has 8 rings (SSSR count). The second-order valence-electron chi connectivity index (χ2n) is 12.4. The summed E-state index contributed by atoms with van der Waals surface area (Å²) in [6.07, 6.45) is 10.4. The summed E-state index contributed by atoms with van der Waals surface area (Å²) in [4.78, 5) is 53.7. The molecule has 9 nitrogen and oxygen atoms in total. The number of fused-ring (bicyclic) bond motifs is 7. The molecular formula is C30H33N5O4S. The maximum Gasteiger partial charge on any atom is 0.275 e. The second kappa shape index (κ2) is 8.94. The van der Waals surface area contributed by atoms with E-state index in [2.05, 4.69) is 20.2 Å². The minimum Gasteiger partial charge on any atom is -0.374 e. The van der Waals surface area contributed by atoms with Crippen molar-refractivity contribution in [1.82, 2.24) is 19.4 Å². The van der Waals surface area contributed by atoms with E-state index in [0.717, 1.165) is 73.7 Å². The number of nitrogens with zero attached hydrogens (tertiary/aromatic N) is 4. The molecular weight excluding hydrogens is 526 g/mol. The summed E-state index contributed by atoms with van der Waals surface area (Å²) >= 11 is 1.63. The Kier molecular flexibility index (Phi) is 5.52. The number of hydrogen-bond donors (Lipinski definition) is 1. The maximum atomic E-state index is 14.0. The van der Waals surface area contributed by atoms with Crippen LogP contribution in [0.1, 0.15) is 77.9 Å². The first kappa shape index (κ1) is 24.7. The fraction of sp³-hybridized carbons (Fsp3) is 0.567. The van der Waals surface area contributed by atoms with E-state index in [0.29, 0.717) is 36.6 Å². The number of carbonyl (C=O) groups is 2. The number of ether oxygens (including phenoxy) is 1. The molecule has 5 aliphatic rings. The molecule has 3 aromatic rings. The van der Waals surface area contributed by atoms with Crippen LogP contribution in [0.5, 0.6) is 0 Å². The van der Waals surface area contributed by atoms with E-state index in [9.17, 15) is 14.4 Å². The second-order valence-corrected chi connectivity index (χ2v) is 13.5. The number of pyridine rings is 1. The highest BCUT2D eigenvalue weighted by molar-refractivity contribution is 7.19. The molecule has 208 valence electrons. The molecule has 2 aliphatic carbocycles. The highest BCUT2D eigenvalue weighted by Crippen LogP contribution is 2.45. The molecule has 0 radical (unpaired) electrons. The molecule has 6 heterocycles. The van der Waals surface area contributed by atoms with Crippen LogP contribution in [-0.4, -0.2) is 56.4 Å². The average Bonchev–Trinajstić information content (AvgIpc) is 3.73. The molecule has 1 saturated carbocycles. The van der Waals surface area contributed by atoms with Gasteiger partial charge in [0.2, 0.25) is 5.91 Å². The first-order chi connectivity index (χ1) is 19.4. The molecule has 3 fully saturated rings. The van der Waals surface area contributed by atoms with Gasteiger partial charge in [-0.1, -0.05) is 19.3 Å². The number of nitrogens with one attached hydrogen (secondary N) is 1. The van der Waals surface area contributed by atoms with Crippen LogP contribution >= 0.6 is 11.3 Å². The molecule has 0 unspecified atom stereocenters. The lowest BCUT2D eigenvalue weighted by molar-refractivity contribution is -0.140. The van der Waals surface area contributed by atoms with Crippen LogP contribution in [0.3, 0.4) is 0 Å². The Hall–Kier alpha value is -3.11. The molecule has 2 bridgehead atoms. The number of carbonyl (C=O) groups excluding carboxylic acids is 2. The number of morpholine rings is 1. The number of hydrogen-bond acceptors (Lipinski definition) is 8. The summed E-state index contributed by atoms with van der Waals surface area (Å²) in [5, 5.41) is 4.33. The van der Waals surface area contributed by atoms with Gasteiger partial charge in [0.25, 0.3) is 5.56 Å². The van der Waals surface area contributed by atoms with Crippen molar-refractivity contribution in [2.45, 2.75) is 88.8 Å². The van der Waals surface area contributed by atoms with Crippen LogP contribution in [0.25, 0.3) is 10.2 Å². The summed E-state index contributed by atoms with van der Waals surface area (Å²) < 4.78 is 7.52. The molecule has 40 heavy (non-hydrogen) atoms. The van der Waals surface area contributed by atoms with Gasteiger partial charge in [0.1, 0.15) is 22.7 Å². The van der Waals surface area contributed by atoms with Gasteiger partial charge in [-0.25, -0.2) is 9.97 Å². The quantitative estimate of drug-likeness (QED) is 0.511. The Bertz CT molecular complexity index is 1640. The SMILES string of the molecule is Cc1cc(Nc2ncnc3sc4c(c23)CC[C@H](C(=O)N2C[C@H]3C[C@@H]2CO3)C4)c(=O)n2c1C(=O)CC21CCCCC1. The largest absolute Gasteiger partial charge is 0.374 e. The Labute approximate surface area is 235 Å². The highest BCUT2D eigenvalue weighted by atomic mass is 32.1. The number of thiophene rings is 1. The normalized spacial score (nSPS) is 26.5. The summed E-state index contributed by atoms with van der Waals surface area (Å²) in [6.45, 7) is 3.31. The molecule has 1 amide bonds. The van der Waals surface area contributed by atoms with Crippen LogP contribution < -0.4 is 10.9 Å². The van der Waals surface area contributed by atoms with E-state index in [1.807, 2.05) is 17.6 Å². The first-order valence-electron chi connectivity index (χ1n) is 14.7. The Morgan fingerprint density at radius 2 is 2.05 bits per heavy atom. The van der Waals surface area contributed by atoms with E-state index < -0.39 is 5.54 Å². The predicted molar refractivity (Wildman–Crippen MR) is 152 cm³/mol. The smallest absolute Gasteiger partial charge is 0.275 e. The van der Waals surface area contributed by atoms with Gasteiger partial charge in [-0.3, -0.25) is 19.0 Å². The number of Topliss-reactive ketones (excluding diaryl/α,β-unsaturated/α-hetero) is 1. The number of amides is 1. The van der Waals surface area contributed by atoms with Crippen molar-refractivity contribution >= 4 is 44.7 Å². The fourth-order valence-corrected chi connectivity index (χ4v) is 9.42. The van der Waals surface area contributed by atoms with Crippen LogP contribution in [0.15, 0.2) is 17.2 Å². The van der Waals surface area contributed by atoms with E-state index >= 15 is 0 Å². The molecule has 0 aromatic carbocycles. The van der Waals surface area contributed by atoms with Gasteiger partial charge in [0, 0.05) is 23.8 Å². The van der Waals surface area contributed by atoms with Gasteiger partial charge >= 0.3 is 0 Å². The topological polar surface area (TPSA) is 106 Å². The Morgan fingerprint density at radius 1 is 1.20 bits per heavy atom. The van der Waals surface area contributed by atoms with Gasteiger partial charge in [-0.05, 0) is 62.6 Å². The van der Waals surface area contributed by atoms with Crippen molar-refractivity contribution in [1.29, 1.82) is 0 Å². The third kappa shape index (κ3) is 3.57. The zero-order valence-electron chi connectivity index (χ0n) is 22.7. The zero-order valence-corrected chi connectivity index (χ0v) is 23.5. The standard InChI is InChI=1S/C30H33N5O4S/c1-16-9-21(29(38)35-25(16)22(36)12-30(35)7-3-2-4-8-30)33-26-24-20-6-5-17(10-23(20)40-27(24)32-15-31-26)28(37)34-13-19-11-18(34)14-39-19/h9,15,17-19H,2-8,10-14H2,1H3,(H,31,32,33)/t17-,18+,19+/m0/s1. The highest BCUT2D eigenvalue weighted by Gasteiger charge is 2.46. The number of aryl methyl sites for hydroxylation is 2. The van der Waals surface area contributed by atoms with E-state index in [1.165, 1.54) is 10.4 Å². The minimum absolute atomic E-state index is 0.0162. The molecule has 3 aliphatic heterocycles. The lowest BCUT2D eigenvalue weighted by Gasteiger charge is -2.35. The van der Waals surface area contributed by atoms with Crippen molar-refractivity contribution < 1.29 is 14.3 Å². The van der Waals surface area contributed by atoms with Gasteiger partial charge in [-0.15, -0.1) is 11.3 Å². The lowest BCUT2D eigenvalue weighted by atomic mass is 9.80. The molecule has 2 saturated heterocycles. The first-order valence-corrected chi connectivity index (χ1v) is 15.5. The van der Waals surface area contributed by atoms with Crippen molar-refractivity contribution in [2.24, 2.45) is 5.92 Å². The fourth-order valence-electron chi connectivity index (χ4n) is 8.15. The van der Waals surface area contributed by atoms with Crippen molar-refractivity contribution in [2.75, 3.05) is 18.5 Å². The number of rotatable bonds is 3. The Balaban J connectivity index is 1.13. The Morgan fingerprint density at radius 3 is 2.83 bits per heavy atom. The van der Waals surface area contributed by atoms with E-state index in [-0.39, 0.29) is 35.3 Å². The van der Waals surface area contributed by atoms with Gasteiger partial charge in [0.15, 0.2) is 5.78 Å². The van der Waals surface area contributed by atoms with Crippen LogP contribution in [0.4, 0.5) is 11.5 Å². The van der Waals surface area contributed by atoms with Crippen molar-refractivity contribution in [3.05, 3.63) is 44.4 Å². The summed E-state index contributed by atoms with van der Waals surface area (Å²) in [6, 6.07) is 2.05. The minimum atomic E-state index is -0.394. The summed E-state index contributed by atoms with van der Waals surface area (Å²) in [5.41, 5.74) is 2.52. The molecule has 10 heteroatoms. The molecule has 1 N–H and O–H groups in total. The van der Waals surface area contributed by atoms with Crippen LogP contribution in [-0.2, 0) is 27.9 Å². The van der Waals surface area contributed by atoms with Gasteiger partial charge < -0.3 is 15.0 Å². The van der Waals surface area contributed by atoms with Crippen LogP contribution in [0, 0.1) is 12.8 Å². The monoisotopic (exact) mass is 559 g/mol. The number of aromatic nitrogens is 3. The number of ketones is 1. The number of likely N-dealkylation sites (tertiary alicyclic amines) is 1. The van der Waals surface area contributed by atoms with E-state index in [1.54, 1.807) is 17.7 Å². The van der Waals surface area contributed by atoms with Crippen LogP contribution in [0.2, 0.25) is 0 Å². The van der Waals surface area contributed by atoms with Gasteiger partial charge in [-0.2, -0.15) is 0 Å². The average molecular weight is 560 g/mol. The third-order valence-electron chi connectivity index (χ3n) is 10.0. The number of anilines is 2. The maximum absolute atomic E-state index is 14.0. The predicted octanol–water partition coefficient (Wildman–Crippen LogP) is 4.26. The summed E-state index contributed by atoms with van der Waals surface area (Å²) in [7, 11) is 0. The third-order valence-corrected chi connectivity index (χ3v) is 11.2. The molecule has 3 aromatic heterocycles. The molecule has 3 atom stereocenters. The lowest BCUT2D eigenvalue weighted by Crippen LogP contribution is -2.45. The van der Waals surface area contributed by atoms with Crippen molar-refractivity contribution in [3.8, 4) is 0 Å². The van der Waals surface area contributed by atoms with E-state index in [4.69, 9.17) is 4.74 Å². The van der Waals surface area contributed by atoms with Gasteiger partial charge in [0.05, 0.1) is 35.4 Å².